The SMILES string of the molecule is Nc1cccnc1SCCOc1ccc(Cl)cc1. The fraction of sp³-hybridized carbons (Fsp3) is 0.154. The first-order valence-corrected chi connectivity index (χ1v) is 6.84. The van der Waals surface area contributed by atoms with Gasteiger partial charge >= 0.3 is 0 Å². The first-order chi connectivity index (χ1) is 8.75. The van der Waals surface area contributed by atoms with Gasteiger partial charge in [0, 0.05) is 17.0 Å². The van der Waals surface area contributed by atoms with Crippen molar-refractivity contribution in [1.29, 1.82) is 0 Å². The largest absolute Gasteiger partial charge is 0.493 e. The molecule has 18 heavy (non-hydrogen) atoms. The second kappa shape index (κ2) is 6.52. The first-order valence-electron chi connectivity index (χ1n) is 5.47. The van der Waals surface area contributed by atoms with Crippen LogP contribution in [0.2, 0.25) is 5.02 Å². The van der Waals surface area contributed by atoms with E-state index in [4.69, 9.17) is 22.1 Å². The average molecular weight is 281 g/mol. The molecule has 0 spiro atoms. The Hall–Kier alpha value is -1.39. The van der Waals surface area contributed by atoms with Crippen molar-refractivity contribution in [2.45, 2.75) is 5.03 Å². The minimum absolute atomic E-state index is 0.600. The van der Waals surface area contributed by atoms with E-state index in [9.17, 15) is 0 Å². The maximum Gasteiger partial charge on any atom is 0.119 e. The lowest BCUT2D eigenvalue weighted by atomic mass is 10.3. The van der Waals surface area contributed by atoms with Crippen molar-refractivity contribution in [3.05, 3.63) is 47.6 Å². The summed E-state index contributed by atoms with van der Waals surface area (Å²) in [7, 11) is 0. The Balaban J connectivity index is 1.76. The zero-order chi connectivity index (χ0) is 12.8. The number of aromatic nitrogens is 1. The minimum atomic E-state index is 0.600. The number of nitrogens with zero attached hydrogens (tertiary/aromatic N) is 1. The van der Waals surface area contributed by atoms with Gasteiger partial charge in [0.05, 0.1) is 12.3 Å². The number of ether oxygens (including phenoxy) is 1. The van der Waals surface area contributed by atoms with Gasteiger partial charge in [-0.1, -0.05) is 11.6 Å². The smallest absolute Gasteiger partial charge is 0.119 e. The van der Waals surface area contributed by atoms with Gasteiger partial charge in [0.2, 0.25) is 0 Å². The lowest BCUT2D eigenvalue weighted by molar-refractivity contribution is 0.344. The zero-order valence-corrected chi connectivity index (χ0v) is 11.2. The normalized spacial score (nSPS) is 10.3. The van der Waals surface area contributed by atoms with Gasteiger partial charge in [-0.15, -0.1) is 11.8 Å². The van der Waals surface area contributed by atoms with Gasteiger partial charge in [-0.3, -0.25) is 0 Å². The molecular formula is C13H13ClN2OS. The lowest BCUT2D eigenvalue weighted by Gasteiger charge is -2.06. The third-order valence-corrected chi connectivity index (χ3v) is 3.44. The molecule has 0 unspecified atom stereocenters. The molecule has 1 aromatic carbocycles. The lowest BCUT2D eigenvalue weighted by Crippen LogP contribution is -2.01. The molecule has 0 aliphatic rings. The Morgan fingerprint density at radius 3 is 2.72 bits per heavy atom. The standard InChI is InChI=1S/C13H13ClN2OS/c14-10-3-5-11(6-4-10)17-8-9-18-13-12(15)2-1-7-16-13/h1-7H,8-9,15H2. The number of hydrogen-bond donors (Lipinski definition) is 1. The highest BCUT2D eigenvalue weighted by Crippen LogP contribution is 2.22. The summed E-state index contributed by atoms with van der Waals surface area (Å²) in [6, 6.07) is 11.0. The molecular weight excluding hydrogens is 268 g/mol. The molecule has 0 aliphatic carbocycles. The molecule has 0 amide bonds. The first kappa shape index (κ1) is 13.1. The molecule has 2 aromatic rings. The Bertz CT molecular complexity index is 505. The third-order valence-electron chi connectivity index (χ3n) is 2.21. The van der Waals surface area contributed by atoms with Crippen molar-refractivity contribution in [2.75, 3.05) is 18.1 Å². The summed E-state index contributed by atoms with van der Waals surface area (Å²) in [4.78, 5) is 4.20. The quantitative estimate of drug-likeness (QED) is 0.673. The zero-order valence-electron chi connectivity index (χ0n) is 9.67. The van der Waals surface area contributed by atoms with Crippen molar-refractivity contribution in [3.8, 4) is 5.75 Å². The fourth-order valence-corrected chi connectivity index (χ4v) is 2.21. The number of rotatable bonds is 5. The molecule has 0 fully saturated rings. The van der Waals surface area contributed by atoms with Crippen LogP contribution < -0.4 is 10.5 Å². The van der Waals surface area contributed by atoms with Crippen molar-refractivity contribution >= 4 is 29.1 Å². The van der Waals surface area contributed by atoms with E-state index in [0.717, 1.165) is 16.5 Å². The Kier molecular flexibility index (Phi) is 4.73. The predicted molar refractivity (Wildman–Crippen MR) is 76.3 cm³/mol. The summed E-state index contributed by atoms with van der Waals surface area (Å²) in [5.74, 6) is 1.61. The molecule has 0 saturated carbocycles. The molecule has 1 heterocycles. The van der Waals surface area contributed by atoms with Crippen LogP contribution in [0.15, 0.2) is 47.6 Å². The van der Waals surface area contributed by atoms with E-state index in [1.807, 2.05) is 24.3 Å². The van der Waals surface area contributed by atoms with Crippen molar-refractivity contribution in [1.82, 2.24) is 4.98 Å². The van der Waals surface area contributed by atoms with Gasteiger partial charge < -0.3 is 10.5 Å². The Morgan fingerprint density at radius 1 is 1.22 bits per heavy atom. The molecule has 0 saturated heterocycles. The van der Waals surface area contributed by atoms with E-state index < -0.39 is 0 Å². The van der Waals surface area contributed by atoms with Gasteiger partial charge in [0.15, 0.2) is 0 Å². The van der Waals surface area contributed by atoms with Gasteiger partial charge in [-0.05, 0) is 36.4 Å². The summed E-state index contributed by atoms with van der Waals surface area (Å²) in [6.45, 7) is 0.600. The number of hydrogen-bond acceptors (Lipinski definition) is 4. The van der Waals surface area contributed by atoms with Crippen LogP contribution in [0.4, 0.5) is 5.69 Å². The number of nitrogens with two attached hydrogens (primary N) is 1. The van der Waals surface area contributed by atoms with Crippen molar-refractivity contribution in [3.63, 3.8) is 0 Å². The molecule has 2 rings (SSSR count). The van der Waals surface area contributed by atoms with Crippen LogP contribution in [-0.4, -0.2) is 17.3 Å². The number of halogens is 1. The molecule has 94 valence electrons. The van der Waals surface area contributed by atoms with Gasteiger partial charge in [-0.2, -0.15) is 0 Å². The summed E-state index contributed by atoms with van der Waals surface area (Å²) in [5.41, 5.74) is 6.49. The predicted octanol–water partition coefficient (Wildman–Crippen LogP) is 3.49. The van der Waals surface area contributed by atoms with Crippen molar-refractivity contribution < 1.29 is 4.74 Å². The van der Waals surface area contributed by atoms with E-state index in [1.54, 1.807) is 30.1 Å². The minimum Gasteiger partial charge on any atom is -0.493 e. The van der Waals surface area contributed by atoms with Crippen LogP contribution >= 0.6 is 23.4 Å². The van der Waals surface area contributed by atoms with Crippen LogP contribution in [0.3, 0.4) is 0 Å². The highest BCUT2D eigenvalue weighted by Gasteiger charge is 2.00. The number of thioether (sulfide) groups is 1. The molecule has 0 bridgehead atoms. The monoisotopic (exact) mass is 280 g/mol. The summed E-state index contributed by atoms with van der Waals surface area (Å²) in [6.07, 6.45) is 1.73. The summed E-state index contributed by atoms with van der Waals surface area (Å²) in [5, 5.41) is 1.55. The van der Waals surface area contributed by atoms with E-state index in [0.29, 0.717) is 17.3 Å². The fourth-order valence-electron chi connectivity index (χ4n) is 1.35. The topological polar surface area (TPSA) is 48.1 Å². The molecule has 0 aliphatic heterocycles. The van der Waals surface area contributed by atoms with E-state index in [1.165, 1.54) is 0 Å². The molecule has 2 N–H and O–H groups in total. The highest BCUT2D eigenvalue weighted by atomic mass is 35.5. The van der Waals surface area contributed by atoms with Crippen LogP contribution in [0, 0.1) is 0 Å². The van der Waals surface area contributed by atoms with Crippen LogP contribution in [0.5, 0.6) is 5.75 Å². The number of benzene rings is 1. The van der Waals surface area contributed by atoms with Crippen LogP contribution in [0.1, 0.15) is 0 Å². The molecule has 3 nitrogen and oxygen atoms in total. The maximum atomic E-state index is 5.79. The van der Waals surface area contributed by atoms with Gasteiger partial charge in [-0.25, -0.2) is 4.98 Å². The number of pyridine rings is 1. The van der Waals surface area contributed by atoms with E-state index >= 15 is 0 Å². The molecule has 0 atom stereocenters. The Morgan fingerprint density at radius 2 is 2.00 bits per heavy atom. The molecule has 1 aromatic heterocycles. The second-order valence-corrected chi connectivity index (χ2v) is 5.07. The van der Waals surface area contributed by atoms with Gasteiger partial charge in [0.25, 0.3) is 0 Å². The van der Waals surface area contributed by atoms with Crippen LogP contribution in [-0.2, 0) is 0 Å². The van der Waals surface area contributed by atoms with Crippen LogP contribution in [0.25, 0.3) is 0 Å². The average Bonchev–Trinajstić information content (AvgIpc) is 2.39. The second-order valence-electron chi connectivity index (χ2n) is 3.55. The van der Waals surface area contributed by atoms with Crippen molar-refractivity contribution in [2.24, 2.45) is 0 Å². The summed E-state index contributed by atoms with van der Waals surface area (Å²) >= 11 is 7.37. The maximum absolute atomic E-state index is 5.79. The third kappa shape index (κ3) is 3.82. The highest BCUT2D eigenvalue weighted by molar-refractivity contribution is 7.99. The van der Waals surface area contributed by atoms with Gasteiger partial charge in [0.1, 0.15) is 10.8 Å². The van der Waals surface area contributed by atoms with E-state index in [2.05, 4.69) is 4.98 Å². The number of anilines is 1. The Labute approximate surface area is 115 Å². The summed E-state index contributed by atoms with van der Waals surface area (Å²) < 4.78 is 5.57. The molecule has 0 radical (unpaired) electrons. The number of nitrogen functional groups attached to an aromatic ring is 1. The van der Waals surface area contributed by atoms with E-state index in [-0.39, 0.29) is 0 Å². The molecule has 5 heteroatoms.